The molecule has 0 aliphatic carbocycles. The topological polar surface area (TPSA) is 37.8 Å². The minimum Gasteiger partial charge on any atom is -0.354 e. The van der Waals surface area contributed by atoms with Crippen LogP contribution >= 0.6 is 11.5 Å². The molecule has 4 heteroatoms. The Morgan fingerprint density at radius 2 is 2.14 bits per heavy atom. The minimum absolute atomic E-state index is 0.0217. The second-order valence-corrected chi connectivity index (χ2v) is 5.09. The molecule has 0 spiro atoms. The van der Waals surface area contributed by atoms with Crippen molar-refractivity contribution in [3.63, 3.8) is 0 Å². The number of hydrogen-bond donors (Lipinski definition) is 1. The molecule has 1 aromatic rings. The van der Waals surface area contributed by atoms with E-state index >= 15 is 0 Å². The van der Waals surface area contributed by atoms with Crippen molar-refractivity contribution in [1.29, 1.82) is 0 Å². The summed E-state index contributed by atoms with van der Waals surface area (Å²) in [6.07, 6.45) is 1.85. The number of nitrogens with one attached hydrogen (secondary N) is 1. The molecule has 1 heterocycles. The molecule has 0 amide bonds. The highest BCUT2D eigenvalue weighted by Crippen LogP contribution is 2.23. The summed E-state index contributed by atoms with van der Waals surface area (Å²) in [6, 6.07) is 0.232. The highest BCUT2D eigenvalue weighted by atomic mass is 32.1. The Morgan fingerprint density at radius 1 is 1.50 bits per heavy atom. The van der Waals surface area contributed by atoms with Crippen LogP contribution in [0.3, 0.4) is 0 Å². The second-order valence-electron chi connectivity index (χ2n) is 4.34. The Hall–Kier alpha value is -0.900. The van der Waals surface area contributed by atoms with Crippen LogP contribution in [0.4, 0.5) is 5.13 Å². The molecule has 0 aliphatic rings. The normalized spacial score (nSPS) is 13.7. The van der Waals surface area contributed by atoms with Gasteiger partial charge in [0.1, 0.15) is 5.82 Å². The zero-order chi connectivity index (χ0) is 10.8. The van der Waals surface area contributed by atoms with Gasteiger partial charge in [-0.1, -0.05) is 26.8 Å². The van der Waals surface area contributed by atoms with Crippen LogP contribution in [0.2, 0.25) is 0 Å². The molecule has 0 bridgehead atoms. The highest BCUT2D eigenvalue weighted by molar-refractivity contribution is 7.09. The van der Waals surface area contributed by atoms with Crippen molar-refractivity contribution in [1.82, 2.24) is 9.36 Å². The van der Waals surface area contributed by atoms with Crippen LogP contribution < -0.4 is 5.32 Å². The first-order valence-electron chi connectivity index (χ1n) is 4.67. The molecule has 1 aromatic heterocycles. The maximum absolute atomic E-state index is 4.42. The third-order valence-electron chi connectivity index (χ3n) is 1.80. The molecule has 0 saturated heterocycles. The summed E-state index contributed by atoms with van der Waals surface area (Å²) >= 11 is 1.40. The van der Waals surface area contributed by atoms with Crippen LogP contribution in [-0.2, 0) is 5.41 Å². The summed E-state index contributed by atoms with van der Waals surface area (Å²) in [7, 11) is 0. The van der Waals surface area contributed by atoms with E-state index in [0.717, 1.165) is 11.0 Å². The van der Waals surface area contributed by atoms with Gasteiger partial charge in [0.05, 0.1) is 0 Å². The monoisotopic (exact) mass is 211 g/mol. The van der Waals surface area contributed by atoms with Gasteiger partial charge in [-0.3, -0.25) is 0 Å². The Labute approximate surface area is 89.4 Å². The van der Waals surface area contributed by atoms with Gasteiger partial charge in [0, 0.05) is 23.0 Å². The average Bonchev–Trinajstić information content (AvgIpc) is 2.51. The summed E-state index contributed by atoms with van der Waals surface area (Å²) < 4.78 is 4.31. The van der Waals surface area contributed by atoms with E-state index in [-0.39, 0.29) is 11.5 Å². The molecule has 0 aromatic carbocycles. The van der Waals surface area contributed by atoms with E-state index in [4.69, 9.17) is 0 Å². The fraction of sp³-hybridized carbons (Fsp3) is 0.600. The van der Waals surface area contributed by atoms with Crippen LogP contribution in [0.1, 0.15) is 33.5 Å². The Balaban J connectivity index is 2.73. The first kappa shape index (κ1) is 11.2. The van der Waals surface area contributed by atoms with E-state index < -0.39 is 0 Å². The lowest BCUT2D eigenvalue weighted by Crippen LogP contribution is -2.14. The predicted molar refractivity (Wildman–Crippen MR) is 61.9 cm³/mol. The van der Waals surface area contributed by atoms with Gasteiger partial charge in [-0.25, -0.2) is 4.98 Å². The average molecular weight is 211 g/mol. The van der Waals surface area contributed by atoms with E-state index in [1.165, 1.54) is 11.5 Å². The van der Waals surface area contributed by atoms with Crippen LogP contribution in [0, 0.1) is 0 Å². The molecule has 0 radical (unpaired) electrons. The molecule has 1 atom stereocenters. The van der Waals surface area contributed by atoms with Crippen molar-refractivity contribution in [2.75, 3.05) is 5.32 Å². The van der Waals surface area contributed by atoms with E-state index in [1.807, 2.05) is 13.0 Å². The van der Waals surface area contributed by atoms with Gasteiger partial charge in [-0.2, -0.15) is 4.37 Å². The first-order valence-corrected chi connectivity index (χ1v) is 5.44. The van der Waals surface area contributed by atoms with Gasteiger partial charge in [0.25, 0.3) is 0 Å². The molecule has 3 nitrogen and oxygen atoms in total. The quantitative estimate of drug-likeness (QED) is 0.781. The van der Waals surface area contributed by atoms with Gasteiger partial charge in [0.15, 0.2) is 0 Å². The lowest BCUT2D eigenvalue weighted by atomic mass is 9.96. The van der Waals surface area contributed by atoms with Crippen molar-refractivity contribution in [2.45, 2.75) is 39.2 Å². The Morgan fingerprint density at radius 3 is 2.57 bits per heavy atom. The summed E-state index contributed by atoms with van der Waals surface area (Å²) in [6.45, 7) is 12.1. The van der Waals surface area contributed by atoms with E-state index in [0.29, 0.717) is 0 Å². The molecule has 0 aliphatic heterocycles. The van der Waals surface area contributed by atoms with Crippen molar-refractivity contribution in [3.8, 4) is 0 Å². The minimum atomic E-state index is 0.0217. The van der Waals surface area contributed by atoms with Gasteiger partial charge in [0.2, 0.25) is 5.13 Å². The molecule has 1 N–H and O–H groups in total. The zero-order valence-corrected chi connectivity index (χ0v) is 9.98. The summed E-state index contributed by atoms with van der Waals surface area (Å²) in [4.78, 5) is 4.42. The maximum Gasteiger partial charge on any atom is 0.203 e. The van der Waals surface area contributed by atoms with Gasteiger partial charge in [-0.05, 0) is 6.92 Å². The fourth-order valence-corrected chi connectivity index (χ4v) is 1.69. The van der Waals surface area contributed by atoms with Crippen molar-refractivity contribution >= 4 is 16.7 Å². The van der Waals surface area contributed by atoms with Gasteiger partial charge < -0.3 is 5.32 Å². The van der Waals surface area contributed by atoms with Crippen LogP contribution in [0.25, 0.3) is 0 Å². The third-order valence-corrected chi connectivity index (χ3v) is 2.45. The third kappa shape index (κ3) is 2.80. The molecular weight excluding hydrogens is 194 g/mol. The van der Waals surface area contributed by atoms with Crippen LogP contribution in [-0.4, -0.2) is 15.4 Å². The summed E-state index contributed by atoms with van der Waals surface area (Å²) in [5.41, 5.74) is 0.0217. The van der Waals surface area contributed by atoms with Crippen molar-refractivity contribution < 1.29 is 0 Å². The van der Waals surface area contributed by atoms with E-state index in [9.17, 15) is 0 Å². The van der Waals surface area contributed by atoms with Crippen molar-refractivity contribution in [2.24, 2.45) is 0 Å². The van der Waals surface area contributed by atoms with Crippen molar-refractivity contribution in [3.05, 3.63) is 18.5 Å². The molecule has 1 rings (SSSR count). The summed E-state index contributed by atoms with van der Waals surface area (Å²) in [5.74, 6) is 0.890. The summed E-state index contributed by atoms with van der Waals surface area (Å²) in [5, 5.41) is 4.07. The Kier molecular flexibility index (Phi) is 3.26. The molecule has 0 saturated carbocycles. The second kappa shape index (κ2) is 4.09. The van der Waals surface area contributed by atoms with E-state index in [2.05, 4.69) is 42.0 Å². The number of anilines is 1. The fourth-order valence-electron chi connectivity index (χ4n) is 0.840. The number of aromatic nitrogens is 2. The number of hydrogen-bond acceptors (Lipinski definition) is 4. The lowest BCUT2D eigenvalue weighted by molar-refractivity contribution is 0.555. The standard InChI is InChI=1S/C10H17N3S/c1-6-7(2)11-9-12-8(13-14-9)10(3,4)5/h6-7H,1H2,2-5H3,(H,11,12,13). The number of rotatable bonds is 3. The zero-order valence-electron chi connectivity index (χ0n) is 9.16. The lowest BCUT2D eigenvalue weighted by Gasteiger charge is -2.12. The molecular formula is C10H17N3S. The van der Waals surface area contributed by atoms with Gasteiger partial charge in [-0.15, -0.1) is 6.58 Å². The molecule has 1 unspecified atom stereocenters. The smallest absolute Gasteiger partial charge is 0.203 e. The predicted octanol–water partition coefficient (Wildman–Crippen LogP) is 2.82. The highest BCUT2D eigenvalue weighted by Gasteiger charge is 2.19. The molecule has 0 fully saturated rings. The molecule has 14 heavy (non-hydrogen) atoms. The first-order chi connectivity index (χ1) is 6.43. The van der Waals surface area contributed by atoms with Crippen LogP contribution in [0.15, 0.2) is 12.7 Å². The van der Waals surface area contributed by atoms with E-state index in [1.54, 1.807) is 0 Å². The maximum atomic E-state index is 4.42. The van der Waals surface area contributed by atoms with Crippen LogP contribution in [0.5, 0.6) is 0 Å². The molecule has 78 valence electrons. The largest absolute Gasteiger partial charge is 0.354 e. The number of nitrogens with zero attached hydrogens (tertiary/aromatic N) is 2. The Bertz CT molecular complexity index is 311. The van der Waals surface area contributed by atoms with Gasteiger partial charge >= 0.3 is 0 Å². The SMILES string of the molecule is C=CC(C)Nc1nc(C(C)(C)C)ns1.